The second-order valence-electron chi connectivity index (χ2n) is 3.19. The number of hydrogen-bond donors (Lipinski definition) is 1. The Morgan fingerprint density at radius 3 is 2.83 bits per heavy atom. The van der Waals surface area contributed by atoms with Gasteiger partial charge in [0, 0.05) is 13.1 Å². The van der Waals surface area contributed by atoms with E-state index in [9.17, 15) is 4.79 Å². The van der Waals surface area contributed by atoms with Crippen LogP contribution in [0.3, 0.4) is 0 Å². The maximum Gasteiger partial charge on any atom is 0.313 e. The van der Waals surface area contributed by atoms with E-state index >= 15 is 0 Å². The van der Waals surface area contributed by atoms with Crippen molar-refractivity contribution in [3.05, 3.63) is 12.7 Å². The van der Waals surface area contributed by atoms with Gasteiger partial charge in [0.05, 0.1) is 12.5 Å². The fraction of sp³-hybridized carbons (Fsp3) is 0.667. The van der Waals surface area contributed by atoms with Crippen molar-refractivity contribution >= 4 is 5.97 Å². The van der Waals surface area contributed by atoms with Crippen LogP contribution in [0.2, 0.25) is 0 Å². The van der Waals surface area contributed by atoms with Crippen LogP contribution in [-0.4, -0.2) is 26.2 Å². The Bertz CT molecular complexity index is 185. The monoisotopic (exact) mass is 169 g/mol. The molecular formula is C9H15NO2. The average Bonchev–Trinajstić information content (AvgIpc) is 2.85. The van der Waals surface area contributed by atoms with Gasteiger partial charge in [0.2, 0.25) is 0 Å². The molecule has 1 saturated carbocycles. The van der Waals surface area contributed by atoms with Crippen LogP contribution >= 0.6 is 0 Å². The molecule has 1 rings (SSSR count). The summed E-state index contributed by atoms with van der Waals surface area (Å²) in [7, 11) is 1.44. The van der Waals surface area contributed by atoms with Gasteiger partial charge in [-0.1, -0.05) is 6.08 Å². The highest BCUT2D eigenvalue weighted by atomic mass is 16.5. The number of carbonyl (C=O) groups is 1. The van der Waals surface area contributed by atoms with Crippen molar-refractivity contribution in [3.8, 4) is 0 Å². The third-order valence-corrected chi connectivity index (χ3v) is 2.22. The van der Waals surface area contributed by atoms with Gasteiger partial charge in [-0.15, -0.1) is 6.58 Å². The first kappa shape index (κ1) is 9.26. The van der Waals surface area contributed by atoms with Crippen molar-refractivity contribution in [2.45, 2.75) is 12.8 Å². The summed E-state index contributed by atoms with van der Waals surface area (Å²) in [5, 5.41) is 3.13. The number of nitrogens with one attached hydrogen (secondary N) is 1. The lowest BCUT2D eigenvalue weighted by Gasteiger charge is -2.11. The zero-order chi connectivity index (χ0) is 9.03. The molecule has 0 amide bonds. The fourth-order valence-electron chi connectivity index (χ4n) is 1.23. The number of rotatable bonds is 5. The first-order valence-electron chi connectivity index (χ1n) is 4.15. The Kier molecular flexibility index (Phi) is 2.87. The summed E-state index contributed by atoms with van der Waals surface area (Å²) < 4.78 is 4.70. The molecule has 1 aliphatic rings. The molecule has 0 aliphatic heterocycles. The molecule has 3 nitrogen and oxygen atoms in total. The van der Waals surface area contributed by atoms with Crippen LogP contribution in [0.5, 0.6) is 0 Å². The molecule has 0 heterocycles. The second-order valence-corrected chi connectivity index (χ2v) is 3.19. The lowest BCUT2D eigenvalue weighted by molar-refractivity contribution is -0.146. The van der Waals surface area contributed by atoms with Crippen molar-refractivity contribution < 1.29 is 9.53 Å². The Hall–Kier alpha value is -0.830. The van der Waals surface area contributed by atoms with E-state index < -0.39 is 0 Å². The molecule has 0 atom stereocenters. The molecule has 0 bridgehead atoms. The average molecular weight is 169 g/mol. The van der Waals surface area contributed by atoms with Crippen LogP contribution < -0.4 is 5.32 Å². The van der Waals surface area contributed by atoms with Gasteiger partial charge in [0.15, 0.2) is 0 Å². The van der Waals surface area contributed by atoms with E-state index in [0.29, 0.717) is 6.54 Å². The van der Waals surface area contributed by atoms with E-state index in [2.05, 4.69) is 11.9 Å². The van der Waals surface area contributed by atoms with Crippen molar-refractivity contribution in [2.24, 2.45) is 5.41 Å². The van der Waals surface area contributed by atoms with Gasteiger partial charge in [0.25, 0.3) is 0 Å². The highest BCUT2D eigenvalue weighted by Crippen LogP contribution is 2.45. The fourth-order valence-corrected chi connectivity index (χ4v) is 1.23. The summed E-state index contributed by atoms with van der Waals surface area (Å²) in [6.45, 7) is 5.05. The number of hydrogen-bond acceptors (Lipinski definition) is 3. The number of ether oxygens (including phenoxy) is 1. The van der Waals surface area contributed by atoms with Crippen molar-refractivity contribution in [1.29, 1.82) is 0 Å². The van der Waals surface area contributed by atoms with Crippen LogP contribution in [0.25, 0.3) is 0 Å². The van der Waals surface area contributed by atoms with E-state index in [1.54, 1.807) is 6.08 Å². The van der Waals surface area contributed by atoms with E-state index in [4.69, 9.17) is 4.74 Å². The largest absolute Gasteiger partial charge is 0.469 e. The molecule has 12 heavy (non-hydrogen) atoms. The summed E-state index contributed by atoms with van der Waals surface area (Å²) in [5.41, 5.74) is -0.211. The summed E-state index contributed by atoms with van der Waals surface area (Å²) in [6, 6.07) is 0. The molecule has 0 radical (unpaired) electrons. The highest BCUT2D eigenvalue weighted by molar-refractivity contribution is 5.80. The topological polar surface area (TPSA) is 38.3 Å². The first-order valence-corrected chi connectivity index (χ1v) is 4.15. The molecule has 3 heteroatoms. The molecule has 0 spiro atoms. The van der Waals surface area contributed by atoms with E-state index in [0.717, 1.165) is 19.4 Å². The number of esters is 1. The third kappa shape index (κ3) is 1.85. The number of carbonyl (C=O) groups excluding carboxylic acids is 1. The first-order chi connectivity index (χ1) is 5.75. The Balaban J connectivity index is 2.29. The van der Waals surface area contributed by atoms with Crippen LogP contribution in [0.1, 0.15) is 12.8 Å². The minimum Gasteiger partial charge on any atom is -0.469 e. The molecule has 1 N–H and O–H groups in total. The van der Waals surface area contributed by atoms with Crippen molar-refractivity contribution in [1.82, 2.24) is 5.32 Å². The zero-order valence-electron chi connectivity index (χ0n) is 7.43. The molecule has 0 aromatic heterocycles. The zero-order valence-corrected chi connectivity index (χ0v) is 7.43. The molecule has 68 valence electrons. The SMILES string of the molecule is C=CCNCC1(C(=O)OC)CC1. The lowest BCUT2D eigenvalue weighted by atomic mass is 10.1. The quantitative estimate of drug-likeness (QED) is 0.374. The predicted molar refractivity (Wildman–Crippen MR) is 46.7 cm³/mol. The van der Waals surface area contributed by atoms with E-state index in [1.807, 2.05) is 0 Å². The normalized spacial score (nSPS) is 18.4. The molecule has 1 aliphatic carbocycles. The lowest BCUT2D eigenvalue weighted by Crippen LogP contribution is -2.30. The van der Waals surface area contributed by atoms with Gasteiger partial charge < -0.3 is 10.1 Å². The standard InChI is InChI=1S/C9H15NO2/c1-3-6-10-7-9(4-5-9)8(11)12-2/h3,10H,1,4-7H2,2H3. The number of methoxy groups -OCH3 is 1. The molecule has 0 saturated heterocycles. The van der Waals surface area contributed by atoms with Crippen molar-refractivity contribution in [3.63, 3.8) is 0 Å². The summed E-state index contributed by atoms with van der Waals surface area (Å²) in [4.78, 5) is 11.2. The van der Waals surface area contributed by atoms with E-state index in [-0.39, 0.29) is 11.4 Å². The summed E-state index contributed by atoms with van der Waals surface area (Å²) in [6.07, 6.45) is 3.68. The van der Waals surface area contributed by atoms with Crippen LogP contribution in [0.15, 0.2) is 12.7 Å². The molecule has 1 fully saturated rings. The van der Waals surface area contributed by atoms with Gasteiger partial charge in [0.1, 0.15) is 0 Å². The van der Waals surface area contributed by atoms with E-state index in [1.165, 1.54) is 7.11 Å². The summed E-state index contributed by atoms with van der Waals surface area (Å²) in [5.74, 6) is -0.0842. The molecule has 0 aromatic carbocycles. The summed E-state index contributed by atoms with van der Waals surface area (Å²) >= 11 is 0. The minimum absolute atomic E-state index is 0.0842. The van der Waals surface area contributed by atoms with Gasteiger partial charge in [-0.2, -0.15) is 0 Å². The maximum absolute atomic E-state index is 11.2. The molecule has 0 unspecified atom stereocenters. The van der Waals surface area contributed by atoms with Gasteiger partial charge in [-0.25, -0.2) is 0 Å². The Labute approximate surface area is 72.8 Å². The second kappa shape index (κ2) is 3.72. The highest BCUT2D eigenvalue weighted by Gasteiger charge is 2.50. The molecular weight excluding hydrogens is 154 g/mol. The smallest absolute Gasteiger partial charge is 0.313 e. The molecule has 0 aromatic rings. The predicted octanol–water partition coefficient (Wildman–Crippen LogP) is 0.715. The van der Waals surface area contributed by atoms with Crippen LogP contribution in [0.4, 0.5) is 0 Å². The minimum atomic E-state index is -0.211. The third-order valence-electron chi connectivity index (χ3n) is 2.22. The van der Waals surface area contributed by atoms with Gasteiger partial charge in [-0.3, -0.25) is 4.79 Å². The van der Waals surface area contributed by atoms with Gasteiger partial charge >= 0.3 is 5.97 Å². The maximum atomic E-state index is 11.2. The Morgan fingerprint density at radius 2 is 2.42 bits per heavy atom. The van der Waals surface area contributed by atoms with Crippen molar-refractivity contribution in [2.75, 3.05) is 20.2 Å². The van der Waals surface area contributed by atoms with Crippen LogP contribution in [0, 0.1) is 5.41 Å². The van der Waals surface area contributed by atoms with Gasteiger partial charge in [-0.05, 0) is 12.8 Å². The van der Waals surface area contributed by atoms with Crippen LogP contribution in [-0.2, 0) is 9.53 Å². The Morgan fingerprint density at radius 1 is 1.75 bits per heavy atom.